The van der Waals surface area contributed by atoms with Gasteiger partial charge in [-0.05, 0) is 32.6 Å². The topological polar surface area (TPSA) is 23.5 Å². The maximum absolute atomic E-state index is 9.02. The molecule has 74 valence electrons. The highest BCUT2D eigenvalue weighted by Crippen LogP contribution is 2.36. The van der Waals surface area contributed by atoms with Crippen LogP contribution in [0.3, 0.4) is 0 Å². The molecule has 0 bridgehead atoms. The molecule has 0 radical (unpaired) electrons. The number of nitrogens with zero attached hydrogens (tertiary/aromatic N) is 1. The molecule has 2 fully saturated rings. The highest BCUT2D eigenvalue weighted by molar-refractivity contribution is 5.26. The van der Waals surface area contributed by atoms with E-state index in [4.69, 9.17) is 5.11 Å². The lowest BCUT2D eigenvalue weighted by Gasteiger charge is -2.32. The van der Waals surface area contributed by atoms with Gasteiger partial charge in [-0.2, -0.15) is 0 Å². The third-order valence-electron chi connectivity index (χ3n) is 3.29. The first-order chi connectivity index (χ1) is 6.31. The van der Waals surface area contributed by atoms with Crippen LogP contribution in [-0.4, -0.2) is 35.7 Å². The smallest absolute Gasteiger partial charge is 0.0584 e. The van der Waals surface area contributed by atoms with E-state index in [2.05, 4.69) is 11.8 Å². The van der Waals surface area contributed by atoms with Gasteiger partial charge in [-0.3, -0.25) is 4.90 Å². The average molecular weight is 181 g/mol. The van der Waals surface area contributed by atoms with Crippen LogP contribution in [-0.2, 0) is 0 Å². The van der Waals surface area contributed by atoms with Crippen molar-refractivity contribution in [2.75, 3.05) is 19.7 Å². The van der Waals surface area contributed by atoms with Crippen LogP contribution < -0.4 is 0 Å². The highest BCUT2D eigenvalue weighted by Gasteiger charge is 2.23. The van der Waals surface area contributed by atoms with Crippen molar-refractivity contribution < 1.29 is 5.11 Å². The van der Waals surface area contributed by atoms with Crippen molar-refractivity contribution in [2.45, 2.75) is 38.6 Å². The summed E-state index contributed by atoms with van der Waals surface area (Å²) in [7, 11) is 0. The molecule has 2 aliphatic rings. The summed E-state index contributed by atoms with van der Waals surface area (Å²) in [5.74, 6) is 0. The van der Waals surface area contributed by atoms with Crippen molar-refractivity contribution >= 4 is 0 Å². The van der Waals surface area contributed by atoms with E-state index in [1.165, 1.54) is 25.7 Å². The van der Waals surface area contributed by atoms with Gasteiger partial charge in [-0.25, -0.2) is 0 Å². The predicted molar refractivity (Wildman–Crippen MR) is 53.6 cm³/mol. The minimum atomic E-state index is 0.298. The molecule has 0 amide bonds. The zero-order chi connectivity index (χ0) is 9.26. The van der Waals surface area contributed by atoms with Crippen LogP contribution >= 0.6 is 0 Å². The first-order valence-electron chi connectivity index (χ1n) is 5.36. The summed E-state index contributed by atoms with van der Waals surface area (Å²) < 4.78 is 0. The molecule has 2 nitrogen and oxygen atoms in total. The second-order valence-electron chi connectivity index (χ2n) is 4.27. The van der Waals surface area contributed by atoms with Gasteiger partial charge in [0.15, 0.2) is 0 Å². The first-order valence-corrected chi connectivity index (χ1v) is 5.36. The Morgan fingerprint density at radius 1 is 1.15 bits per heavy atom. The lowest BCUT2D eigenvalue weighted by molar-refractivity contribution is 0.126. The minimum Gasteiger partial charge on any atom is -0.395 e. The first kappa shape index (κ1) is 9.22. The Morgan fingerprint density at radius 3 is 2.15 bits per heavy atom. The molecule has 1 heterocycles. The second-order valence-corrected chi connectivity index (χ2v) is 4.27. The summed E-state index contributed by atoms with van der Waals surface area (Å²) in [5, 5.41) is 9.02. The molecule has 1 aliphatic carbocycles. The third-order valence-corrected chi connectivity index (χ3v) is 3.29. The van der Waals surface area contributed by atoms with E-state index in [0.717, 1.165) is 13.1 Å². The van der Waals surface area contributed by atoms with Crippen LogP contribution in [0.5, 0.6) is 0 Å². The molecule has 0 aromatic rings. The van der Waals surface area contributed by atoms with Crippen LogP contribution in [0, 0.1) is 0 Å². The van der Waals surface area contributed by atoms with E-state index in [1.54, 1.807) is 11.1 Å². The van der Waals surface area contributed by atoms with Crippen LogP contribution in [0.25, 0.3) is 0 Å². The van der Waals surface area contributed by atoms with E-state index in [1.807, 2.05) is 0 Å². The van der Waals surface area contributed by atoms with Gasteiger partial charge in [0.25, 0.3) is 0 Å². The number of aliphatic hydroxyl groups is 1. The fraction of sp³-hybridized carbons (Fsp3) is 0.818. The van der Waals surface area contributed by atoms with E-state index in [9.17, 15) is 0 Å². The lowest BCUT2D eigenvalue weighted by atomic mass is 10.0. The zero-order valence-corrected chi connectivity index (χ0v) is 8.42. The van der Waals surface area contributed by atoms with E-state index < -0.39 is 0 Å². The van der Waals surface area contributed by atoms with Gasteiger partial charge in [0.05, 0.1) is 6.61 Å². The standard InChI is InChI=1S/C11H19NO/c1-9(8-13)12-6-4-11(5-7-12)10-2-3-10/h9,13H,2-8H2,1H3. The number of likely N-dealkylation sites (tertiary alicyclic amines) is 1. The molecular weight excluding hydrogens is 162 g/mol. The molecule has 1 aliphatic heterocycles. The Morgan fingerprint density at radius 2 is 1.69 bits per heavy atom. The maximum atomic E-state index is 9.02. The molecule has 1 N–H and O–H groups in total. The molecular formula is C11H19NO. The largest absolute Gasteiger partial charge is 0.395 e. The second kappa shape index (κ2) is 3.81. The van der Waals surface area contributed by atoms with Gasteiger partial charge in [-0.1, -0.05) is 11.1 Å². The highest BCUT2D eigenvalue weighted by atomic mass is 16.3. The fourth-order valence-electron chi connectivity index (χ4n) is 2.12. The normalized spacial score (nSPS) is 26.3. The Hall–Kier alpha value is -0.340. The van der Waals surface area contributed by atoms with Gasteiger partial charge < -0.3 is 5.11 Å². The summed E-state index contributed by atoms with van der Waals surface area (Å²) >= 11 is 0. The summed E-state index contributed by atoms with van der Waals surface area (Å²) in [5.41, 5.74) is 3.46. The summed E-state index contributed by atoms with van der Waals surface area (Å²) in [6.45, 7) is 4.71. The molecule has 0 aromatic heterocycles. The molecule has 1 saturated heterocycles. The van der Waals surface area contributed by atoms with Crippen molar-refractivity contribution in [3.05, 3.63) is 11.1 Å². The number of allylic oxidation sites excluding steroid dienone is 1. The maximum Gasteiger partial charge on any atom is 0.0584 e. The average Bonchev–Trinajstić information content (AvgIpc) is 3.00. The van der Waals surface area contributed by atoms with E-state index in [0.29, 0.717) is 12.6 Å². The third kappa shape index (κ3) is 2.12. The number of rotatable bonds is 2. The summed E-state index contributed by atoms with van der Waals surface area (Å²) in [6, 6.07) is 0.353. The Labute approximate surface area is 80.2 Å². The zero-order valence-electron chi connectivity index (χ0n) is 8.42. The summed E-state index contributed by atoms with van der Waals surface area (Å²) in [4.78, 5) is 2.40. The molecule has 1 saturated carbocycles. The van der Waals surface area contributed by atoms with Crippen LogP contribution in [0.1, 0.15) is 32.6 Å². The minimum absolute atomic E-state index is 0.298. The van der Waals surface area contributed by atoms with Gasteiger partial charge >= 0.3 is 0 Å². The van der Waals surface area contributed by atoms with Crippen molar-refractivity contribution in [3.63, 3.8) is 0 Å². The van der Waals surface area contributed by atoms with Gasteiger partial charge in [0.1, 0.15) is 0 Å². The quantitative estimate of drug-likeness (QED) is 0.653. The van der Waals surface area contributed by atoms with Crippen LogP contribution in [0.15, 0.2) is 11.1 Å². The molecule has 2 heteroatoms. The predicted octanol–water partition coefficient (Wildman–Crippen LogP) is 1.55. The van der Waals surface area contributed by atoms with Crippen molar-refractivity contribution in [3.8, 4) is 0 Å². The number of piperidine rings is 1. The fourth-order valence-corrected chi connectivity index (χ4v) is 2.12. The molecule has 2 rings (SSSR count). The van der Waals surface area contributed by atoms with Crippen molar-refractivity contribution in [1.82, 2.24) is 4.90 Å². The monoisotopic (exact) mass is 181 g/mol. The summed E-state index contributed by atoms with van der Waals surface area (Å²) in [6.07, 6.45) is 5.23. The number of hydrogen-bond acceptors (Lipinski definition) is 2. The Bertz CT molecular complexity index is 206. The molecule has 0 spiro atoms. The van der Waals surface area contributed by atoms with Gasteiger partial charge in [-0.15, -0.1) is 0 Å². The van der Waals surface area contributed by atoms with Gasteiger partial charge in [0.2, 0.25) is 0 Å². The molecule has 0 aromatic carbocycles. The number of hydrogen-bond donors (Lipinski definition) is 1. The Balaban J connectivity index is 1.85. The van der Waals surface area contributed by atoms with E-state index in [-0.39, 0.29) is 0 Å². The van der Waals surface area contributed by atoms with E-state index >= 15 is 0 Å². The number of aliphatic hydroxyl groups excluding tert-OH is 1. The molecule has 13 heavy (non-hydrogen) atoms. The SMILES string of the molecule is CC(CO)N1CCC(=C2CC2)CC1. The lowest BCUT2D eigenvalue weighted by Crippen LogP contribution is -2.39. The van der Waals surface area contributed by atoms with Gasteiger partial charge in [0, 0.05) is 19.1 Å². The van der Waals surface area contributed by atoms with Crippen molar-refractivity contribution in [2.24, 2.45) is 0 Å². The van der Waals surface area contributed by atoms with Crippen LogP contribution in [0.4, 0.5) is 0 Å². The Kier molecular flexibility index (Phi) is 2.70. The molecule has 1 atom stereocenters. The van der Waals surface area contributed by atoms with Crippen molar-refractivity contribution in [1.29, 1.82) is 0 Å². The molecule has 1 unspecified atom stereocenters. The van der Waals surface area contributed by atoms with Crippen LogP contribution in [0.2, 0.25) is 0 Å².